The number of nitrogens with one attached hydrogen (secondary N) is 1. The molecule has 1 atom stereocenters. The summed E-state index contributed by atoms with van der Waals surface area (Å²) in [5.41, 5.74) is 2.44. The zero-order valence-corrected chi connectivity index (χ0v) is 13.2. The maximum Gasteiger partial charge on any atom is 0.125 e. The van der Waals surface area contributed by atoms with Gasteiger partial charge in [0.15, 0.2) is 0 Å². The maximum atomic E-state index is 5.63. The second-order valence-electron chi connectivity index (χ2n) is 5.92. The van der Waals surface area contributed by atoms with Crippen LogP contribution in [0, 0.1) is 0 Å². The molecule has 4 heteroatoms. The van der Waals surface area contributed by atoms with E-state index in [-0.39, 0.29) is 11.6 Å². The van der Waals surface area contributed by atoms with Crippen molar-refractivity contribution in [3.05, 3.63) is 23.8 Å². The molecule has 112 valence electrons. The minimum absolute atomic E-state index is 0.00712. The minimum atomic E-state index is -0.00712. The molecule has 1 aliphatic rings. The summed E-state index contributed by atoms with van der Waals surface area (Å²) >= 11 is 0. The summed E-state index contributed by atoms with van der Waals surface area (Å²) in [6.07, 6.45) is 0. The number of rotatable bonds is 4. The number of morpholine rings is 1. The first-order valence-electron chi connectivity index (χ1n) is 7.21. The summed E-state index contributed by atoms with van der Waals surface area (Å²) in [6, 6.07) is 6.50. The number of benzene rings is 1. The van der Waals surface area contributed by atoms with E-state index in [0.29, 0.717) is 0 Å². The van der Waals surface area contributed by atoms with Crippen molar-refractivity contribution in [2.75, 3.05) is 38.8 Å². The van der Waals surface area contributed by atoms with Gasteiger partial charge in [0.05, 0.1) is 25.9 Å². The average molecular weight is 278 g/mol. The zero-order valence-electron chi connectivity index (χ0n) is 13.2. The molecule has 1 aromatic carbocycles. The highest BCUT2D eigenvalue weighted by Gasteiger charge is 2.33. The Labute approximate surface area is 122 Å². The van der Waals surface area contributed by atoms with Crippen LogP contribution in [0.25, 0.3) is 0 Å². The van der Waals surface area contributed by atoms with Gasteiger partial charge in [-0.1, -0.05) is 6.07 Å². The van der Waals surface area contributed by atoms with E-state index in [9.17, 15) is 0 Å². The van der Waals surface area contributed by atoms with Crippen LogP contribution in [0.15, 0.2) is 18.2 Å². The summed E-state index contributed by atoms with van der Waals surface area (Å²) in [5.74, 6) is 0.937. The largest absolute Gasteiger partial charge is 0.496 e. The molecule has 0 aliphatic carbocycles. The van der Waals surface area contributed by atoms with Gasteiger partial charge in [-0.25, -0.2) is 0 Å². The lowest BCUT2D eigenvalue weighted by Crippen LogP contribution is -2.53. The predicted octanol–water partition coefficient (Wildman–Crippen LogP) is 2.59. The van der Waals surface area contributed by atoms with Crippen LogP contribution in [0.3, 0.4) is 0 Å². The maximum absolute atomic E-state index is 5.63. The Bertz CT molecular complexity index is 460. The Morgan fingerprint density at radius 1 is 1.40 bits per heavy atom. The molecular weight excluding hydrogens is 252 g/mol. The van der Waals surface area contributed by atoms with Crippen molar-refractivity contribution >= 4 is 5.69 Å². The molecule has 0 aromatic heterocycles. The van der Waals surface area contributed by atoms with Crippen molar-refractivity contribution in [2.45, 2.75) is 32.4 Å². The van der Waals surface area contributed by atoms with Crippen LogP contribution < -0.4 is 15.0 Å². The van der Waals surface area contributed by atoms with Gasteiger partial charge in [0.2, 0.25) is 0 Å². The van der Waals surface area contributed by atoms with Gasteiger partial charge in [-0.3, -0.25) is 0 Å². The molecule has 0 spiro atoms. The Kier molecular flexibility index (Phi) is 4.55. The van der Waals surface area contributed by atoms with Crippen LogP contribution in [0.1, 0.15) is 32.4 Å². The third kappa shape index (κ3) is 2.76. The smallest absolute Gasteiger partial charge is 0.125 e. The topological polar surface area (TPSA) is 33.7 Å². The molecule has 1 fully saturated rings. The molecule has 1 heterocycles. The Morgan fingerprint density at radius 3 is 2.75 bits per heavy atom. The summed E-state index contributed by atoms with van der Waals surface area (Å²) in [6.45, 7) is 9.03. The predicted molar refractivity (Wildman–Crippen MR) is 82.7 cm³/mol. The monoisotopic (exact) mass is 278 g/mol. The molecule has 1 aromatic rings. The van der Waals surface area contributed by atoms with Gasteiger partial charge in [0.1, 0.15) is 5.75 Å². The van der Waals surface area contributed by atoms with E-state index in [1.807, 2.05) is 13.1 Å². The molecule has 20 heavy (non-hydrogen) atoms. The van der Waals surface area contributed by atoms with Gasteiger partial charge in [-0.05, 0) is 40.0 Å². The third-order valence-corrected chi connectivity index (χ3v) is 4.07. The van der Waals surface area contributed by atoms with Crippen LogP contribution in [-0.2, 0) is 4.74 Å². The second-order valence-corrected chi connectivity index (χ2v) is 5.92. The molecule has 4 nitrogen and oxygen atoms in total. The molecule has 0 saturated carbocycles. The fourth-order valence-corrected chi connectivity index (χ4v) is 2.83. The van der Waals surface area contributed by atoms with Gasteiger partial charge in [0, 0.05) is 23.8 Å². The third-order valence-electron chi connectivity index (χ3n) is 4.07. The molecule has 0 amide bonds. The zero-order chi connectivity index (χ0) is 14.8. The van der Waals surface area contributed by atoms with E-state index in [4.69, 9.17) is 9.47 Å². The van der Waals surface area contributed by atoms with Crippen molar-refractivity contribution < 1.29 is 9.47 Å². The summed E-state index contributed by atoms with van der Waals surface area (Å²) < 4.78 is 11.2. The molecule has 1 N–H and O–H groups in total. The average Bonchev–Trinajstić information content (AvgIpc) is 2.45. The van der Waals surface area contributed by atoms with Crippen LogP contribution in [-0.4, -0.2) is 39.5 Å². The first kappa shape index (κ1) is 15.1. The lowest BCUT2D eigenvalue weighted by Gasteiger charge is -2.45. The second kappa shape index (κ2) is 6.02. The minimum Gasteiger partial charge on any atom is -0.496 e. The van der Waals surface area contributed by atoms with Gasteiger partial charge >= 0.3 is 0 Å². The lowest BCUT2D eigenvalue weighted by molar-refractivity contribution is 0.0642. The molecule has 0 bridgehead atoms. The van der Waals surface area contributed by atoms with E-state index in [1.54, 1.807) is 7.11 Å². The highest BCUT2D eigenvalue weighted by molar-refractivity contribution is 5.62. The van der Waals surface area contributed by atoms with Crippen LogP contribution in [0.4, 0.5) is 5.69 Å². The van der Waals surface area contributed by atoms with Gasteiger partial charge in [-0.2, -0.15) is 0 Å². The van der Waals surface area contributed by atoms with E-state index in [1.165, 1.54) is 11.3 Å². The molecule has 1 aliphatic heterocycles. The summed E-state index contributed by atoms with van der Waals surface area (Å²) in [5, 5.41) is 3.32. The van der Waals surface area contributed by atoms with Crippen molar-refractivity contribution in [3.63, 3.8) is 0 Å². The fraction of sp³-hybridized carbons (Fsp3) is 0.625. The Hall–Kier alpha value is -1.26. The lowest BCUT2D eigenvalue weighted by atomic mass is 9.97. The highest BCUT2D eigenvalue weighted by atomic mass is 16.5. The fourth-order valence-electron chi connectivity index (χ4n) is 2.83. The van der Waals surface area contributed by atoms with Crippen molar-refractivity contribution in [1.82, 2.24) is 5.32 Å². The standard InChI is InChI=1S/C16H26N2O2/c1-12(17-4)15-13(7-6-8-14(15)19-5)18-9-10-20-11-16(18,2)3/h6-8,12,17H,9-11H2,1-5H3. The quantitative estimate of drug-likeness (QED) is 0.918. The van der Waals surface area contributed by atoms with Crippen molar-refractivity contribution in [2.24, 2.45) is 0 Å². The van der Waals surface area contributed by atoms with E-state index in [0.717, 1.165) is 25.5 Å². The summed E-state index contributed by atoms with van der Waals surface area (Å²) in [4.78, 5) is 2.43. The normalized spacial score (nSPS) is 19.8. The number of nitrogens with zero attached hydrogens (tertiary/aromatic N) is 1. The van der Waals surface area contributed by atoms with E-state index >= 15 is 0 Å². The van der Waals surface area contributed by atoms with Crippen LogP contribution >= 0.6 is 0 Å². The Morgan fingerprint density at radius 2 is 2.15 bits per heavy atom. The van der Waals surface area contributed by atoms with E-state index in [2.05, 4.69) is 43.1 Å². The van der Waals surface area contributed by atoms with E-state index < -0.39 is 0 Å². The summed E-state index contributed by atoms with van der Waals surface area (Å²) in [7, 11) is 3.71. The van der Waals surface area contributed by atoms with Crippen molar-refractivity contribution in [3.8, 4) is 5.75 Å². The first-order valence-corrected chi connectivity index (χ1v) is 7.21. The first-order chi connectivity index (χ1) is 9.51. The number of methoxy groups -OCH3 is 1. The molecule has 0 radical (unpaired) electrons. The number of ether oxygens (including phenoxy) is 2. The van der Waals surface area contributed by atoms with Gasteiger partial charge in [0.25, 0.3) is 0 Å². The molecule has 2 rings (SSSR count). The van der Waals surface area contributed by atoms with Crippen molar-refractivity contribution in [1.29, 1.82) is 0 Å². The molecule has 1 saturated heterocycles. The molecular formula is C16H26N2O2. The number of hydrogen-bond donors (Lipinski definition) is 1. The highest BCUT2D eigenvalue weighted by Crippen LogP contribution is 2.38. The number of anilines is 1. The molecule has 1 unspecified atom stereocenters. The van der Waals surface area contributed by atoms with Crippen LogP contribution in [0.2, 0.25) is 0 Å². The SMILES string of the molecule is CNC(C)c1c(OC)cccc1N1CCOCC1(C)C. The van der Waals surface area contributed by atoms with Gasteiger partial charge < -0.3 is 19.7 Å². The van der Waals surface area contributed by atoms with Gasteiger partial charge in [-0.15, -0.1) is 0 Å². The number of hydrogen-bond acceptors (Lipinski definition) is 4. The van der Waals surface area contributed by atoms with Crippen LogP contribution in [0.5, 0.6) is 5.75 Å². The Balaban J connectivity index is 2.49.